The van der Waals surface area contributed by atoms with Gasteiger partial charge in [-0.3, -0.25) is 19.7 Å². The first-order valence-electron chi connectivity index (χ1n) is 8.82. The van der Waals surface area contributed by atoms with Crippen LogP contribution in [0.1, 0.15) is 34.6 Å². The van der Waals surface area contributed by atoms with Crippen molar-refractivity contribution in [3.05, 3.63) is 71.4 Å². The number of nitrogens with one attached hydrogen (secondary N) is 1. The predicted molar refractivity (Wildman–Crippen MR) is 108 cm³/mol. The third kappa shape index (κ3) is 3.10. The molecule has 4 rings (SSSR count). The number of hydrogen-bond donors (Lipinski definition) is 1. The molecule has 1 N–H and O–H groups in total. The number of amides is 3. The molecule has 1 aromatic heterocycles. The molecule has 3 aromatic rings. The van der Waals surface area contributed by atoms with Crippen LogP contribution in [0.3, 0.4) is 0 Å². The molecular weight excluding hydrogens is 374 g/mol. The van der Waals surface area contributed by atoms with Gasteiger partial charge in [-0.1, -0.05) is 55.5 Å². The minimum absolute atomic E-state index is 0.0143. The number of aromatic nitrogens is 1. The number of allylic oxidation sites excluding steroid dienone is 1. The van der Waals surface area contributed by atoms with Crippen LogP contribution in [0.2, 0.25) is 0 Å². The number of hydrogen-bond acceptors (Lipinski definition) is 5. The molecule has 2 aromatic carbocycles. The van der Waals surface area contributed by atoms with Crippen molar-refractivity contribution < 1.29 is 14.4 Å². The lowest BCUT2D eigenvalue weighted by Crippen LogP contribution is -2.35. The number of rotatable bonds is 4. The molecule has 0 radical (unpaired) electrons. The van der Waals surface area contributed by atoms with Crippen LogP contribution in [0.15, 0.2) is 60.3 Å². The second-order valence-electron chi connectivity index (χ2n) is 6.73. The standard InChI is InChI=1S/C21H17N3O3S/c1-12(2)11-16(24-19(26)13-7-3-4-8-14(13)20(24)27)18(25)23-21-22-15-9-5-6-10-17(15)28-21/h3-12H,1-2H3,(H,22,23,25). The van der Waals surface area contributed by atoms with E-state index in [1.807, 2.05) is 38.1 Å². The summed E-state index contributed by atoms with van der Waals surface area (Å²) in [5, 5.41) is 3.15. The van der Waals surface area contributed by atoms with Crippen molar-refractivity contribution in [1.29, 1.82) is 0 Å². The summed E-state index contributed by atoms with van der Waals surface area (Å²) in [5.74, 6) is -1.57. The quantitative estimate of drug-likeness (QED) is 0.537. The molecule has 3 amide bonds. The lowest BCUT2D eigenvalue weighted by Gasteiger charge is -2.18. The summed E-state index contributed by atoms with van der Waals surface area (Å²) in [6.07, 6.45) is 1.62. The molecule has 0 unspecified atom stereocenters. The molecule has 6 nitrogen and oxygen atoms in total. The smallest absolute Gasteiger partial charge is 0.274 e. The molecule has 1 aliphatic rings. The first-order chi connectivity index (χ1) is 13.5. The highest BCUT2D eigenvalue weighted by molar-refractivity contribution is 7.22. The van der Waals surface area contributed by atoms with Crippen LogP contribution in [-0.2, 0) is 4.79 Å². The maximum Gasteiger partial charge on any atom is 0.274 e. The Labute approximate surface area is 165 Å². The van der Waals surface area contributed by atoms with Gasteiger partial charge in [-0.2, -0.15) is 0 Å². The van der Waals surface area contributed by atoms with E-state index in [1.54, 1.807) is 30.3 Å². The zero-order chi connectivity index (χ0) is 19.8. The van der Waals surface area contributed by atoms with E-state index in [2.05, 4.69) is 10.3 Å². The summed E-state index contributed by atoms with van der Waals surface area (Å²) in [6.45, 7) is 3.76. The van der Waals surface area contributed by atoms with E-state index in [4.69, 9.17) is 0 Å². The van der Waals surface area contributed by atoms with Crippen LogP contribution in [-0.4, -0.2) is 27.6 Å². The van der Waals surface area contributed by atoms with Crippen molar-refractivity contribution in [3.8, 4) is 0 Å². The van der Waals surface area contributed by atoms with Gasteiger partial charge in [0.15, 0.2) is 5.13 Å². The van der Waals surface area contributed by atoms with Gasteiger partial charge in [-0.05, 0) is 30.2 Å². The summed E-state index contributed by atoms with van der Waals surface area (Å²) in [5.41, 5.74) is 1.39. The molecule has 7 heteroatoms. The Balaban J connectivity index is 1.68. The second kappa shape index (κ2) is 7.01. The number of carbonyl (C=O) groups is 3. The van der Waals surface area contributed by atoms with Crippen molar-refractivity contribution in [2.45, 2.75) is 13.8 Å². The highest BCUT2D eigenvalue weighted by atomic mass is 32.1. The SMILES string of the molecule is CC(C)C=C(C(=O)Nc1nc2ccccc2s1)N1C(=O)c2ccccc2C1=O. The Morgan fingerprint density at radius 1 is 1.04 bits per heavy atom. The normalized spacial score (nSPS) is 14.1. The number of imide groups is 1. The van der Waals surface area contributed by atoms with E-state index in [9.17, 15) is 14.4 Å². The molecular formula is C21H17N3O3S. The van der Waals surface area contributed by atoms with E-state index in [-0.39, 0.29) is 11.6 Å². The Morgan fingerprint density at radius 2 is 1.64 bits per heavy atom. The van der Waals surface area contributed by atoms with Crippen molar-refractivity contribution in [1.82, 2.24) is 9.88 Å². The van der Waals surface area contributed by atoms with Crippen LogP contribution in [0, 0.1) is 5.92 Å². The minimum atomic E-state index is -0.540. The van der Waals surface area contributed by atoms with E-state index in [0.717, 1.165) is 15.1 Å². The lowest BCUT2D eigenvalue weighted by atomic mass is 10.1. The molecule has 1 aliphatic heterocycles. The molecule has 140 valence electrons. The fourth-order valence-corrected chi connectivity index (χ4v) is 3.92. The highest BCUT2D eigenvalue weighted by Crippen LogP contribution is 2.29. The third-order valence-corrected chi connectivity index (χ3v) is 5.22. The van der Waals surface area contributed by atoms with Crippen molar-refractivity contribution in [3.63, 3.8) is 0 Å². The zero-order valence-electron chi connectivity index (χ0n) is 15.3. The van der Waals surface area contributed by atoms with Crippen LogP contribution in [0.4, 0.5) is 5.13 Å². The maximum atomic E-state index is 13.0. The predicted octanol–water partition coefficient (Wildman–Crippen LogP) is 4.07. The monoisotopic (exact) mass is 391 g/mol. The first-order valence-corrected chi connectivity index (χ1v) is 9.64. The average molecular weight is 391 g/mol. The zero-order valence-corrected chi connectivity index (χ0v) is 16.1. The average Bonchev–Trinajstić information content (AvgIpc) is 3.19. The molecule has 0 atom stereocenters. The van der Waals surface area contributed by atoms with Crippen LogP contribution in [0.25, 0.3) is 10.2 Å². The summed E-state index contributed by atoms with van der Waals surface area (Å²) >= 11 is 1.33. The van der Waals surface area contributed by atoms with Gasteiger partial charge >= 0.3 is 0 Å². The molecule has 28 heavy (non-hydrogen) atoms. The van der Waals surface area contributed by atoms with Crippen LogP contribution in [0.5, 0.6) is 0 Å². The summed E-state index contributed by atoms with van der Waals surface area (Å²) in [7, 11) is 0. The number of benzene rings is 2. The van der Waals surface area contributed by atoms with Gasteiger partial charge in [-0.25, -0.2) is 9.88 Å². The van der Waals surface area contributed by atoms with Gasteiger partial charge in [0, 0.05) is 0 Å². The summed E-state index contributed by atoms with van der Waals surface area (Å²) in [4.78, 5) is 43.9. The molecule has 0 spiro atoms. The second-order valence-corrected chi connectivity index (χ2v) is 7.76. The van der Waals surface area contributed by atoms with Crippen molar-refractivity contribution >= 4 is 44.4 Å². The maximum absolute atomic E-state index is 13.0. The Morgan fingerprint density at radius 3 is 2.25 bits per heavy atom. The minimum Gasteiger partial charge on any atom is -0.297 e. The van der Waals surface area contributed by atoms with Crippen molar-refractivity contribution in [2.75, 3.05) is 5.32 Å². The summed E-state index contributed by atoms with van der Waals surface area (Å²) in [6, 6.07) is 14.1. The Bertz CT molecular complexity index is 1080. The molecule has 0 bridgehead atoms. The van der Waals surface area contributed by atoms with Crippen LogP contribution < -0.4 is 5.32 Å². The number of fused-ring (bicyclic) bond motifs is 2. The molecule has 2 heterocycles. The summed E-state index contributed by atoms with van der Waals surface area (Å²) < 4.78 is 0.938. The number of thiazole rings is 1. The number of carbonyl (C=O) groups excluding carboxylic acids is 3. The van der Waals surface area contributed by atoms with Gasteiger partial charge in [0.1, 0.15) is 5.70 Å². The van der Waals surface area contributed by atoms with Gasteiger partial charge in [0.2, 0.25) is 0 Å². The van der Waals surface area contributed by atoms with E-state index < -0.39 is 17.7 Å². The van der Waals surface area contributed by atoms with Gasteiger partial charge in [-0.15, -0.1) is 0 Å². The van der Waals surface area contributed by atoms with E-state index in [1.165, 1.54) is 11.3 Å². The topological polar surface area (TPSA) is 79.4 Å². The number of para-hydroxylation sites is 1. The van der Waals surface area contributed by atoms with Gasteiger partial charge < -0.3 is 0 Å². The number of nitrogens with zero attached hydrogens (tertiary/aromatic N) is 2. The van der Waals surface area contributed by atoms with Crippen molar-refractivity contribution in [2.24, 2.45) is 5.92 Å². The largest absolute Gasteiger partial charge is 0.297 e. The molecule has 0 saturated carbocycles. The number of anilines is 1. The fourth-order valence-electron chi connectivity index (χ4n) is 3.06. The fraction of sp³-hybridized carbons (Fsp3) is 0.143. The van der Waals surface area contributed by atoms with E-state index >= 15 is 0 Å². The van der Waals surface area contributed by atoms with Gasteiger partial charge in [0.05, 0.1) is 21.3 Å². The Hall–Kier alpha value is -3.32. The third-order valence-electron chi connectivity index (χ3n) is 4.27. The Kier molecular flexibility index (Phi) is 4.52. The lowest BCUT2D eigenvalue weighted by molar-refractivity contribution is -0.113. The first kappa shape index (κ1) is 18.1. The molecule has 0 fully saturated rings. The molecule has 0 saturated heterocycles. The van der Waals surface area contributed by atoms with Crippen LogP contribution >= 0.6 is 11.3 Å². The highest BCUT2D eigenvalue weighted by Gasteiger charge is 2.39. The van der Waals surface area contributed by atoms with Gasteiger partial charge in [0.25, 0.3) is 17.7 Å². The van der Waals surface area contributed by atoms with E-state index in [0.29, 0.717) is 16.3 Å². The molecule has 0 aliphatic carbocycles.